The molecule has 0 saturated heterocycles. The molecule has 35 heavy (non-hydrogen) atoms. The van der Waals surface area contributed by atoms with Crippen LogP contribution in [0.2, 0.25) is 0 Å². The maximum absolute atomic E-state index is 14.4. The molecule has 0 heterocycles. The standard InChI is InChI=1S/C30H42F2O3/c1-3-5-6-20-7-8-25-19-24(14-13-23(25)18-20)21-9-11-22(12-10-21)30(33)35-27-16-15-26(34-17-4-2)28(31)29(27)32/h4,15-16,20-25H,2-3,5-14,17-19H2,1H3. The van der Waals surface area contributed by atoms with E-state index in [2.05, 4.69) is 13.5 Å². The minimum Gasteiger partial charge on any atom is -0.486 e. The van der Waals surface area contributed by atoms with E-state index in [9.17, 15) is 13.6 Å². The van der Waals surface area contributed by atoms with Crippen LogP contribution in [0.3, 0.4) is 0 Å². The van der Waals surface area contributed by atoms with Crippen LogP contribution in [-0.2, 0) is 4.79 Å². The second-order valence-corrected chi connectivity index (χ2v) is 11.2. The molecule has 3 aliphatic carbocycles. The molecule has 4 atom stereocenters. The van der Waals surface area contributed by atoms with Gasteiger partial charge in [0.1, 0.15) is 6.61 Å². The van der Waals surface area contributed by atoms with Crippen LogP contribution in [0.25, 0.3) is 0 Å². The Kier molecular flexibility index (Phi) is 9.24. The summed E-state index contributed by atoms with van der Waals surface area (Å²) in [5.74, 6) is 0.687. The minimum absolute atomic E-state index is 0.0700. The summed E-state index contributed by atoms with van der Waals surface area (Å²) in [4.78, 5) is 12.7. The number of halogens is 2. The van der Waals surface area contributed by atoms with E-state index >= 15 is 0 Å². The third-order valence-corrected chi connectivity index (χ3v) is 9.08. The van der Waals surface area contributed by atoms with Crippen molar-refractivity contribution in [3.63, 3.8) is 0 Å². The Morgan fingerprint density at radius 1 is 0.914 bits per heavy atom. The molecule has 0 amide bonds. The Morgan fingerprint density at radius 2 is 1.51 bits per heavy atom. The van der Waals surface area contributed by atoms with Crippen LogP contribution in [0, 0.1) is 47.1 Å². The summed E-state index contributed by atoms with van der Waals surface area (Å²) in [5.41, 5.74) is 0. The molecule has 3 aliphatic rings. The highest BCUT2D eigenvalue weighted by molar-refractivity contribution is 5.75. The monoisotopic (exact) mass is 488 g/mol. The molecule has 3 fully saturated rings. The van der Waals surface area contributed by atoms with Crippen molar-refractivity contribution in [1.82, 2.24) is 0 Å². The van der Waals surface area contributed by atoms with Gasteiger partial charge in [-0.25, -0.2) is 0 Å². The van der Waals surface area contributed by atoms with Crippen LogP contribution >= 0.6 is 0 Å². The van der Waals surface area contributed by atoms with Gasteiger partial charge in [0, 0.05) is 0 Å². The first-order valence-electron chi connectivity index (χ1n) is 13.9. The minimum atomic E-state index is -1.19. The highest BCUT2D eigenvalue weighted by Gasteiger charge is 2.39. The lowest BCUT2D eigenvalue weighted by molar-refractivity contribution is -0.140. The third kappa shape index (κ3) is 6.46. The first-order chi connectivity index (χ1) is 17.0. The van der Waals surface area contributed by atoms with E-state index in [0.29, 0.717) is 5.92 Å². The summed E-state index contributed by atoms with van der Waals surface area (Å²) in [6.07, 6.45) is 17.6. The average Bonchev–Trinajstić information content (AvgIpc) is 2.89. The lowest BCUT2D eigenvalue weighted by Crippen LogP contribution is -2.35. The fourth-order valence-electron chi connectivity index (χ4n) is 7.08. The van der Waals surface area contributed by atoms with Crippen molar-refractivity contribution >= 4 is 5.97 Å². The molecule has 3 nitrogen and oxygen atoms in total. The molecule has 5 heteroatoms. The molecule has 0 spiro atoms. The second kappa shape index (κ2) is 12.4. The van der Waals surface area contributed by atoms with Gasteiger partial charge in [-0.1, -0.05) is 45.3 Å². The first kappa shape index (κ1) is 26.2. The summed E-state index contributed by atoms with van der Waals surface area (Å²) in [6.45, 7) is 5.85. The van der Waals surface area contributed by atoms with Gasteiger partial charge in [0.2, 0.25) is 11.6 Å². The van der Waals surface area contributed by atoms with Gasteiger partial charge in [0.25, 0.3) is 0 Å². The number of ether oxygens (including phenoxy) is 2. The van der Waals surface area contributed by atoms with Crippen molar-refractivity contribution in [2.24, 2.45) is 35.5 Å². The Morgan fingerprint density at radius 3 is 2.23 bits per heavy atom. The quantitative estimate of drug-likeness (QED) is 0.199. The zero-order valence-electron chi connectivity index (χ0n) is 21.3. The number of fused-ring (bicyclic) bond motifs is 1. The molecule has 4 unspecified atom stereocenters. The SMILES string of the molecule is C=CCOc1ccc(OC(=O)C2CCC(C3CCC4CC(CCCC)CCC4C3)CC2)c(F)c1F. The summed E-state index contributed by atoms with van der Waals surface area (Å²) in [7, 11) is 0. The number of hydrogen-bond donors (Lipinski definition) is 0. The Labute approximate surface area is 209 Å². The van der Waals surface area contributed by atoms with Gasteiger partial charge in [-0.2, -0.15) is 8.78 Å². The highest BCUT2D eigenvalue weighted by Crippen LogP contribution is 2.49. The topological polar surface area (TPSA) is 35.5 Å². The molecule has 1 aromatic carbocycles. The van der Waals surface area contributed by atoms with E-state index in [0.717, 1.165) is 49.4 Å². The number of hydrogen-bond acceptors (Lipinski definition) is 3. The van der Waals surface area contributed by atoms with Crippen LogP contribution in [0.15, 0.2) is 24.8 Å². The number of benzene rings is 1. The van der Waals surface area contributed by atoms with Gasteiger partial charge in [-0.3, -0.25) is 4.79 Å². The van der Waals surface area contributed by atoms with Gasteiger partial charge in [-0.15, -0.1) is 0 Å². The van der Waals surface area contributed by atoms with Crippen LogP contribution in [0.1, 0.15) is 90.4 Å². The zero-order valence-corrected chi connectivity index (χ0v) is 21.3. The van der Waals surface area contributed by atoms with E-state index in [4.69, 9.17) is 9.47 Å². The summed E-state index contributed by atoms with van der Waals surface area (Å²) >= 11 is 0. The van der Waals surface area contributed by atoms with Crippen molar-refractivity contribution in [1.29, 1.82) is 0 Å². The van der Waals surface area contributed by atoms with Crippen LogP contribution in [0.5, 0.6) is 11.5 Å². The van der Waals surface area contributed by atoms with E-state index in [1.807, 2.05) is 0 Å². The fraction of sp³-hybridized carbons (Fsp3) is 0.700. The molecule has 194 valence electrons. The molecule has 0 N–H and O–H groups in total. The molecule has 3 saturated carbocycles. The molecular formula is C30H42F2O3. The molecule has 0 radical (unpaired) electrons. The molecule has 1 aromatic rings. The Balaban J connectivity index is 1.24. The maximum Gasteiger partial charge on any atom is 0.314 e. The summed E-state index contributed by atoms with van der Waals surface area (Å²) < 4.78 is 39.0. The van der Waals surface area contributed by atoms with E-state index < -0.39 is 17.6 Å². The zero-order chi connectivity index (χ0) is 24.8. The van der Waals surface area contributed by atoms with Crippen molar-refractivity contribution in [2.75, 3.05) is 6.61 Å². The summed E-state index contributed by atoms with van der Waals surface area (Å²) in [6, 6.07) is 2.55. The van der Waals surface area contributed by atoms with Gasteiger partial charge in [0.15, 0.2) is 11.5 Å². The predicted octanol–water partition coefficient (Wildman–Crippen LogP) is 8.26. The van der Waals surface area contributed by atoms with Gasteiger partial charge < -0.3 is 9.47 Å². The van der Waals surface area contributed by atoms with E-state index in [-0.39, 0.29) is 24.0 Å². The molecule has 0 bridgehead atoms. The number of rotatable bonds is 9. The number of esters is 1. The van der Waals surface area contributed by atoms with Crippen LogP contribution < -0.4 is 9.47 Å². The highest BCUT2D eigenvalue weighted by atomic mass is 19.2. The summed E-state index contributed by atoms with van der Waals surface area (Å²) in [5, 5.41) is 0. The third-order valence-electron chi connectivity index (χ3n) is 9.08. The van der Waals surface area contributed by atoms with Crippen molar-refractivity contribution in [3.05, 3.63) is 36.4 Å². The Hall–Kier alpha value is -1.91. The first-order valence-corrected chi connectivity index (χ1v) is 13.9. The number of carbonyl (C=O) groups excluding carboxylic acids is 1. The van der Waals surface area contributed by atoms with E-state index in [1.54, 1.807) is 0 Å². The molecule has 0 aromatic heterocycles. The van der Waals surface area contributed by atoms with Gasteiger partial charge in [0.05, 0.1) is 5.92 Å². The van der Waals surface area contributed by atoms with Gasteiger partial charge >= 0.3 is 5.97 Å². The van der Waals surface area contributed by atoms with Crippen molar-refractivity contribution in [2.45, 2.75) is 90.4 Å². The van der Waals surface area contributed by atoms with Crippen molar-refractivity contribution in [3.8, 4) is 11.5 Å². The second-order valence-electron chi connectivity index (χ2n) is 11.2. The molecule has 0 aliphatic heterocycles. The van der Waals surface area contributed by atoms with Gasteiger partial charge in [-0.05, 0) is 99.5 Å². The Bertz CT molecular complexity index is 861. The normalized spacial score (nSPS) is 30.8. The predicted molar refractivity (Wildman–Crippen MR) is 134 cm³/mol. The lowest BCUT2D eigenvalue weighted by atomic mass is 9.60. The van der Waals surface area contributed by atoms with Crippen molar-refractivity contribution < 1.29 is 23.0 Å². The smallest absolute Gasteiger partial charge is 0.314 e. The van der Waals surface area contributed by atoms with Crippen LogP contribution in [0.4, 0.5) is 8.78 Å². The number of unbranched alkanes of at least 4 members (excludes halogenated alkanes) is 1. The van der Waals surface area contributed by atoms with E-state index in [1.165, 1.54) is 76.0 Å². The molecular weight excluding hydrogens is 446 g/mol. The number of carbonyl (C=O) groups is 1. The molecule has 4 rings (SSSR count). The largest absolute Gasteiger partial charge is 0.486 e. The van der Waals surface area contributed by atoms with Crippen LogP contribution in [-0.4, -0.2) is 12.6 Å². The average molecular weight is 489 g/mol. The maximum atomic E-state index is 14.4. The lowest BCUT2D eigenvalue weighted by Gasteiger charge is -2.45. The fourth-order valence-corrected chi connectivity index (χ4v) is 7.08.